The standard InChI is InChI=1S/C24H26N4O2/c1-27-15-7-13-21(27)22-14-8-16-28(22)17-23(29)26-20-12-6-5-11-19(20)24(30)25-18-9-3-2-4-10-18/h2-7,9-13,15,22H,8,14,16-17H2,1H3,(H,25,30)(H,26,29)/p+1/t22-/m0/s1. The second-order valence-corrected chi connectivity index (χ2v) is 7.74. The predicted octanol–water partition coefficient (Wildman–Crippen LogP) is 2.64. The minimum atomic E-state index is -0.243. The Balaban J connectivity index is 1.44. The lowest BCUT2D eigenvalue weighted by molar-refractivity contribution is -0.910. The first-order chi connectivity index (χ1) is 14.6. The minimum Gasteiger partial charge on any atom is -0.350 e. The van der Waals surface area contributed by atoms with E-state index in [2.05, 4.69) is 21.3 Å². The number of anilines is 2. The van der Waals surface area contributed by atoms with Crippen LogP contribution in [0.1, 0.15) is 34.9 Å². The van der Waals surface area contributed by atoms with Gasteiger partial charge in [0.25, 0.3) is 11.8 Å². The largest absolute Gasteiger partial charge is 0.350 e. The van der Waals surface area contributed by atoms with Gasteiger partial charge in [-0.15, -0.1) is 0 Å². The maximum atomic E-state index is 12.8. The van der Waals surface area contributed by atoms with Crippen molar-refractivity contribution in [2.75, 3.05) is 23.7 Å². The average Bonchev–Trinajstić information content (AvgIpc) is 3.37. The Labute approximate surface area is 176 Å². The van der Waals surface area contributed by atoms with Gasteiger partial charge in [-0.2, -0.15) is 0 Å². The molecule has 1 aliphatic rings. The van der Waals surface area contributed by atoms with E-state index in [0.717, 1.165) is 25.1 Å². The summed E-state index contributed by atoms with van der Waals surface area (Å²) in [5.74, 6) is -0.321. The van der Waals surface area contributed by atoms with Crippen molar-refractivity contribution in [1.82, 2.24) is 4.57 Å². The van der Waals surface area contributed by atoms with Crippen LogP contribution in [0.3, 0.4) is 0 Å². The number of likely N-dealkylation sites (tertiary alicyclic amines) is 1. The Kier molecular flexibility index (Phi) is 5.95. The molecule has 1 saturated heterocycles. The maximum Gasteiger partial charge on any atom is 0.279 e. The van der Waals surface area contributed by atoms with Crippen LogP contribution in [0.5, 0.6) is 0 Å². The summed E-state index contributed by atoms with van der Waals surface area (Å²) in [5, 5.41) is 5.84. The molecule has 2 aromatic carbocycles. The van der Waals surface area contributed by atoms with Crippen LogP contribution >= 0.6 is 0 Å². The number of amides is 2. The van der Waals surface area contributed by atoms with Crippen LogP contribution in [0, 0.1) is 0 Å². The first-order valence-electron chi connectivity index (χ1n) is 10.3. The third kappa shape index (κ3) is 4.44. The van der Waals surface area contributed by atoms with Gasteiger partial charge in [-0.25, -0.2) is 0 Å². The number of hydrogen-bond donors (Lipinski definition) is 3. The number of quaternary nitrogens is 1. The van der Waals surface area contributed by atoms with E-state index in [0.29, 0.717) is 23.8 Å². The molecule has 1 aliphatic heterocycles. The first kappa shape index (κ1) is 19.9. The van der Waals surface area contributed by atoms with Crippen LogP contribution in [-0.2, 0) is 11.8 Å². The predicted molar refractivity (Wildman–Crippen MR) is 118 cm³/mol. The van der Waals surface area contributed by atoms with Gasteiger partial charge >= 0.3 is 0 Å². The summed E-state index contributed by atoms with van der Waals surface area (Å²) in [6.45, 7) is 1.35. The molecule has 2 heterocycles. The van der Waals surface area contributed by atoms with Crippen LogP contribution < -0.4 is 15.5 Å². The van der Waals surface area contributed by atoms with Crippen molar-refractivity contribution < 1.29 is 14.5 Å². The molecule has 1 unspecified atom stereocenters. The summed E-state index contributed by atoms with van der Waals surface area (Å²) in [7, 11) is 2.05. The molecule has 0 saturated carbocycles. The highest BCUT2D eigenvalue weighted by Gasteiger charge is 2.33. The van der Waals surface area contributed by atoms with E-state index < -0.39 is 0 Å². The van der Waals surface area contributed by atoms with Crippen LogP contribution in [-0.4, -0.2) is 29.5 Å². The van der Waals surface area contributed by atoms with E-state index >= 15 is 0 Å². The second-order valence-electron chi connectivity index (χ2n) is 7.74. The van der Waals surface area contributed by atoms with E-state index in [1.807, 2.05) is 55.7 Å². The van der Waals surface area contributed by atoms with Gasteiger partial charge in [0.15, 0.2) is 6.54 Å². The van der Waals surface area contributed by atoms with Crippen molar-refractivity contribution in [3.8, 4) is 0 Å². The second kappa shape index (κ2) is 8.97. The number of hydrogen-bond acceptors (Lipinski definition) is 2. The van der Waals surface area contributed by atoms with Crippen LogP contribution in [0.4, 0.5) is 11.4 Å². The molecule has 6 nitrogen and oxygen atoms in total. The van der Waals surface area contributed by atoms with Gasteiger partial charge in [-0.3, -0.25) is 9.59 Å². The fourth-order valence-electron chi connectivity index (χ4n) is 4.23. The minimum absolute atomic E-state index is 0.0777. The number of carbonyl (C=O) groups is 2. The van der Waals surface area contributed by atoms with Gasteiger partial charge in [0, 0.05) is 31.8 Å². The summed E-state index contributed by atoms with van der Waals surface area (Å²) >= 11 is 0. The van der Waals surface area contributed by atoms with Gasteiger partial charge in [-0.05, 0) is 36.4 Å². The molecule has 0 radical (unpaired) electrons. The number of nitrogens with one attached hydrogen (secondary N) is 3. The molecule has 154 valence electrons. The molecule has 1 aromatic heterocycles. The lowest BCUT2D eigenvalue weighted by Crippen LogP contribution is -3.11. The van der Waals surface area contributed by atoms with Gasteiger partial charge in [0.05, 0.1) is 23.5 Å². The molecule has 3 aromatic rings. The summed E-state index contributed by atoms with van der Waals surface area (Å²) < 4.78 is 2.14. The maximum absolute atomic E-state index is 12.8. The van der Waals surface area contributed by atoms with Crippen molar-refractivity contribution in [2.45, 2.75) is 18.9 Å². The Morgan fingerprint density at radius 2 is 1.77 bits per heavy atom. The lowest BCUT2D eigenvalue weighted by atomic mass is 10.1. The molecular weight excluding hydrogens is 376 g/mol. The molecule has 1 fully saturated rings. The highest BCUT2D eigenvalue weighted by atomic mass is 16.2. The van der Waals surface area contributed by atoms with E-state index in [-0.39, 0.29) is 11.8 Å². The van der Waals surface area contributed by atoms with Crippen LogP contribution in [0.15, 0.2) is 72.9 Å². The molecule has 4 rings (SSSR count). The molecule has 2 amide bonds. The molecule has 0 bridgehead atoms. The molecule has 6 heteroatoms. The van der Waals surface area contributed by atoms with Gasteiger partial charge in [0.2, 0.25) is 0 Å². The van der Waals surface area contributed by atoms with Crippen molar-refractivity contribution in [3.63, 3.8) is 0 Å². The number of carbonyl (C=O) groups excluding carboxylic acids is 2. The Hall–Kier alpha value is -3.38. The zero-order chi connectivity index (χ0) is 20.9. The third-order valence-electron chi connectivity index (χ3n) is 5.69. The highest BCUT2D eigenvalue weighted by Crippen LogP contribution is 2.20. The van der Waals surface area contributed by atoms with E-state index in [1.165, 1.54) is 10.6 Å². The molecular formula is C24H27N4O2+. The molecule has 2 atom stereocenters. The molecule has 30 heavy (non-hydrogen) atoms. The first-order valence-corrected chi connectivity index (χ1v) is 10.3. The van der Waals surface area contributed by atoms with Gasteiger partial charge in [-0.1, -0.05) is 30.3 Å². The van der Waals surface area contributed by atoms with Crippen LogP contribution in [0.2, 0.25) is 0 Å². The summed E-state index contributed by atoms with van der Waals surface area (Å²) in [4.78, 5) is 26.8. The quantitative estimate of drug-likeness (QED) is 0.592. The van der Waals surface area contributed by atoms with Crippen molar-refractivity contribution in [1.29, 1.82) is 0 Å². The monoisotopic (exact) mass is 403 g/mol. The van der Waals surface area contributed by atoms with Gasteiger partial charge < -0.3 is 20.1 Å². The molecule has 3 N–H and O–H groups in total. The van der Waals surface area contributed by atoms with Crippen molar-refractivity contribution in [3.05, 3.63) is 84.2 Å². The Morgan fingerprint density at radius 3 is 2.53 bits per heavy atom. The van der Waals surface area contributed by atoms with Crippen LogP contribution in [0.25, 0.3) is 0 Å². The number of nitrogens with zero attached hydrogens (tertiary/aromatic N) is 1. The van der Waals surface area contributed by atoms with Crippen molar-refractivity contribution in [2.24, 2.45) is 7.05 Å². The zero-order valence-corrected chi connectivity index (χ0v) is 17.1. The third-order valence-corrected chi connectivity index (χ3v) is 5.69. The summed E-state index contributed by atoms with van der Waals surface area (Å²) in [5.41, 5.74) is 2.96. The van der Waals surface area contributed by atoms with E-state index in [4.69, 9.17) is 0 Å². The fraction of sp³-hybridized carbons (Fsp3) is 0.250. The number of benzene rings is 2. The van der Waals surface area contributed by atoms with E-state index in [9.17, 15) is 9.59 Å². The lowest BCUT2D eigenvalue weighted by Gasteiger charge is -2.22. The normalized spacial score (nSPS) is 18.2. The summed E-state index contributed by atoms with van der Waals surface area (Å²) in [6, 6.07) is 20.9. The summed E-state index contributed by atoms with van der Waals surface area (Å²) in [6.07, 6.45) is 4.23. The SMILES string of the molecule is Cn1cccc1[C@@H]1CCC[NH+]1CC(=O)Nc1ccccc1C(=O)Nc1ccccc1. The average molecular weight is 404 g/mol. The van der Waals surface area contributed by atoms with Crippen molar-refractivity contribution >= 4 is 23.2 Å². The topological polar surface area (TPSA) is 67.6 Å². The van der Waals surface area contributed by atoms with Gasteiger partial charge in [0.1, 0.15) is 6.04 Å². The Morgan fingerprint density at radius 1 is 1.00 bits per heavy atom. The number of para-hydroxylation sites is 2. The number of aryl methyl sites for hydroxylation is 1. The number of aromatic nitrogens is 1. The number of rotatable bonds is 6. The Bertz CT molecular complexity index is 1030. The molecule has 0 spiro atoms. The zero-order valence-electron chi connectivity index (χ0n) is 17.1. The molecule has 0 aliphatic carbocycles. The van der Waals surface area contributed by atoms with E-state index in [1.54, 1.807) is 18.2 Å². The smallest absolute Gasteiger partial charge is 0.279 e. The fourth-order valence-corrected chi connectivity index (χ4v) is 4.23. The highest BCUT2D eigenvalue weighted by molar-refractivity contribution is 6.10.